The molecule has 1 aromatic heterocycles. The van der Waals surface area contributed by atoms with E-state index < -0.39 is 79.1 Å². The van der Waals surface area contributed by atoms with Crippen LogP contribution < -0.4 is 9.64 Å². The summed E-state index contributed by atoms with van der Waals surface area (Å²) in [5.41, 5.74) is -0.716. The van der Waals surface area contributed by atoms with Gasteiger partial charge in [0.15, 0.2) is 0 Å². The molecule has 1 aromatic carbocycles. The number of halogens is 8. The van der Waals surface area contributed by atoms with Crippen molar-refractivity contribution < 1.29 is 59.3 Å². The molecule has 16 heteroatoms. The molecule has 8 nitrogen and oxygen atoms in total. The molecule has 2 aliphatic heterocycles. The molecule has 3 aliphatic rings. The lowest BCUT2D eigenvalue weighted by molar-refractivity contribution is -0.137. The maximum Gasteiger partial charge on any atom is 0.416 e. The van der Waals surface area contributed by atoms with Gasteiger partial charge < -0.3 is 19.5 Å². The van der Waals surface area contributed by atoms with E-state index in [4.69, 9.17) is 9.47 Å². The molecule has 1 unspecified atom stereocenters. The molecule has 2 aromatic rings. The number of benzene rings is 1. The molecule has 0 spiro atoms. The molecule has 3 heterocycles. The largest absolute Gasteiger partial charge is 0.496 e. The van der Waals surface area contributed by atoms with Crippen LogP contribution in [0.3, 0.4) is 0 Å². The van der Waals surface area contributed by atoms with E-state index in [1.54, 1.807) is 31.2 Å². The summed E-state index contributed by atoms with van der Waals surface area (Å²) in [7, 11) is 1.40. The standard InChI is InChI=1S/C32H31F8N3O5/c1-16-8-25(42-14-30(33,34)15-42)41-23(27(16)22-9-18(5-7-26(44)45)4-6-24(22)47-3)13-43-17(2)28(48-29(43)46)19-10-20(31(35,36)37)12-21(11-19)32(38,39)40/h4,6,8-10,12,17,19,28H,5,7,11,13-15H2,1-3H3,(H,44,45)/t17-,19?,28-/m0/s1. The van der Waals surface area contributed by atoms with E-state index in [2.05, 4.69) is 4.98 Å². The number of ether oxygens (including phenoxy) is 2. The fraction of sp³-hybridized carbons (Fsp3) is 0.469. The summed E-state index contributed by atoms with van der Waals surface area (Å²) in [6.07, 6.45) is -12.7. The Balaban J connectivity index is 1.54. The molecule has 1 amide bonds. The summed E-state index contributed by atoms with van der Waals surface area (Å²) in [4.78, 5) is 31.5. The molecule has 2 fully saturated rings. The van der Waals surface area contributed by atoms with Crippen molar-refractivity contribution in [1.82, 2.24) is 9.88 Å². The minimum Gasteiger partial charge on any atom is -0.496 e. The molecule has 0 radical (unpaired) electrons. The number of carboxylic acid groups (broad SMARTS) is 1. The number of hydrogen-bond acceptors (Lipinski definition) is 6. The van der Waals surface area contributed by atoms with E-state index in [0.717, 1.165) is 4.90 Å². The van der Waals surface area contributed by atoms with Crippen LogP contribution in [-0.4, -0.2) is 77.7 Å². The predicted molar refractivity (Wildman–Crippen MR) is 156 cm³/mol. The molecule has 48 heavy (non-hydrogen) atoms. The van der Waals surface area contributed by atoms with Crippen molar-refractivity contribution in [2.45, 2.75) is 70.1 Å². The second kappa shape index (κ2) is 12.6. The van der Waals surface area contributed by atoms with Gasteiger partial charge in [-0.25, -0.2) is 18.6 Å². The molecule has 260 valence electrons. The maximum atomic E-state index is 13.8. The zero-order valence-electron chi connectivity index (χ0n) is 25.9. The van der Waals surface area contributed by atoms with E-state index in [-0.39, 0.29) is 37.0 Å². The molecule has 2 saturated heterocycles. The van der Waals surface area contributed by atoms with Crippen LogP contribution in [0.4, 0.5) is 45.7 Å². The number of aromatic nitrogens is 1. The molecule has 0 bridgehead atoms. The molecule has 5 rings (SSSR count). The van der Waals surface area contributed by atoms with Gasteiger partial charge in [0.25, 0.3) is 5.92 Å². The quantitative estimate of drug-likeness (QED) is 0.278. The third kappa shape index (κ3) is 7.21. The third-order valence-electron chi connectivity index (χ3n) is 8.66. The lowest BCUT2D eigenvalue weighted by Gasteiger charge is -2.40. The van der Waals surface area contributed by atoms with Crippen molar-refractivity contribution in [3.63, 3.8) is 0 Å². The van der Waals surface area contributed by atoms with Gasteiger partial charge in [0, 0.05) is 29.0 Å². The Hall–Kier alpha value is -4.37. The third-order valence-corrected chi connectivity index (χ3v) is 8.66. The van der Waals surface area contributed by atoms with E-state index in [1.165, 1.54) is 18.9 Å². The molecular weight excluding hydrogens is 658 g/mol. The van der Waals surface area contributed by atoms with Crippen LogP contribution in [0.25, 0.3) is 11.1 Å². The van der Waals surface area contributed by atoms with Gasteiger partial charge in [-0.15, -0.1) is 0 Å². The Morgan fingerprint density at radius 2 is 1.81 bits per heavy atom. The number of amides is 1. The second-order valence-electron chi connectivity index (χ2n) is 12.1. The maximum absolute atomic E-state index is 13.8. The van der Waals surface area contributed by atoms with Crippen LogP contribution in [0.1, 0.15) is 36.6 Å². The van der Waals surface area contributed by atoms with Crippen LogP contribution in [0.5, 0.6) is 5.75 Å². The first-order valence-corrected chi connectivity index (χ1v) is 14.8. The summed E-state index contributed by atoms with van der Waals surface area (Å²) in [6, 6.07) is 5.50. The highest BCUT2D eigenvalue weighted by Gasteiger charge is 2.49. The highest BCUT2D eigenvalue weighted by molar-refractivity contribution is 5.78. The number of carbonyl (C=O) groups excluding carboxylic acids is 1. The Morgan fingerprint density at radius 3 is 2.40 bits per heavy atom. The Bertz CT molecular complexity index is 1660. The molecular formula is C32H31F8N3O5. The molecule has 0 saturated carbocycles. The minimum absolute atomic E-state index is 0.0530. The summed E-state index contributed by atoms with van der Waals surface area (Å²) in [6.45, 7) is 1.54. The summed E-state index contributed by atoms with van der Waals surface area (Å²) in [5.74, 6) is -4.91. The van der Waals surface area contributed by atoms with Crippen molar-refractivity contribution in [3.05, 3.63) is 64.4 Å². The van der Waals surface area contributed by atoms with Gasteiger partial charge in [-0.2, -0.15) is 26.3 Å². The van der Waals surface area contributed by atoms with E-state index >= 15 is 0 Å². The SMILES string of the molecule is COc1ccc(CCC(=O)O)cc1-c1c(C)cc(N2CC(F)(F)C2)nc1CN1C(=O)O[C@H](C2C=C(C(F)(F)F)C=C(C(F)(F)F)C2)[C@@H]1C. The van der Waals surface area contributed by atoms with E-state index in [9.17, 15) is 49.8 Å². The number of alkyl halides is 8. The van der Waals surface area contributed by atoms with Gasteiger partial charge in [0.1, 0.15) is 17.7 Å². The topological polar surface area (TPSA) is 92.2 Å². The highest BCUT2D eigenvalue weighted by atomic mass is 19.4. The number of hydrogen-bond donors (Lipinski definition) is 1. The van der Waals surface area contributed by atoms with Crippen LogP contribution in [-0.2, 0) is 22.5 Å². The van der Waals surface area contributed by atoms with Gasteiger partial charge in [0.05, 0.1) is 44.1 Å². The summed E-state index contributed by atoms with van der Waals surface area (Å²) >= 11 is 0. The first kappa shape index (κ1) is 35.0. The van der Waals surface area contributed by atoms with E-state index in [1.807, 2.05) is 0 Å². The smallest absolute Gasteiger partial charge is 0.416 e. The fourth-order valence-corrected chi connectivity index (χ4v) is 6.26. The van der Waals surface area contributed by atoms with Crippen molar-refractivity contribution >= 4 is 17.9 Å². The monoisotopic (exact) mass is 689 g/mol. The number of allylic oxidation sites excluding steroid dienone is 3. The second-order valence-corrected chi connectivity index (χ2v) is 12.1. The number of carbonyl (C=O) groups is 2. The zero-order chi connectivity index (χ0) is 35.3. The van der Waals surface area contributed by atoms with Crippen molar-refractivity contribution in [2.24, 2.45) is 5.92 Å². The lowest BCUT2D eigenvalue weighted by atomic mass is 9.83. The van der Waals surface area contributed by atoms with Gasteiger partial charge in [-0.3, -0.25) is 9.69 Å². The number of carboxylic acids is 1. The number of anilines is 1. The Morgan fingerprint density at radius 1 is 1.12 bits per heavy atom. The highest BCUT2D eigenvalue weighted by Crippen LogP contribution is 2.44. The number of nitrogens with zero attached hydrogens (tertiary/aromatic N) is 3. The van der Waals surface area contributed by atoms with Crippen molar-refractivity contribution in [3.8, 4) is 16.9 Å². The van der Waals surface area contributed by atoms with Crippen LogP contribution in [0.15, 0.2) is 47.6 Å². The van der Waals surface area contributed by atoms with Crippen LogP contribution in [0, 0.1) is 12.8 Å². The average Bonchev–Trinajstić information content (AvgIpc) is 3.25. The summed E-state index contributed by atoms with van der Waals surface area (Å²) in [5, 5.41) is 9.17. The molecule has 1 N–H and O–H groups in total. The van der Waals surface area contributed by atoms with Crippen LogP contribution >= 0.6 is 0 Å². The number of aryl methyl sites for hydroxylation is 2. The molecule has 1 aliphatic carbocycles. The fourth-order valence-electron chi connectivity index (χ4n) is 6.26. The first-order chi connectivity index (χ1) is 22.3. The van der Waals surface area contributed by atoms with E-state index in [0.29, 0.717) is 34.1 Å². The van der Waals surface area contributed by atoms with Gasteiger partial charge in [-0.05, 0) is 62.1 Å². The normalized spacial score (nSPS) is 22.6. The average molecular weight is 690 g/mol. The van der Waals surface area contributed by atoms with Crippen LogP contribution in [0.2, 0.25) is 0 Å². The van der Waals surface area contributed by atoms with Gasteiger partial charge >= 0.3 is 24.4 Å². The zero-order valence-corrected chi connectivity index (χ0v) is 25.9. The van der Waals surface area contributed by atoms with Gasteiger partial charge in [0.2, 0.25) is 0 Å². The number of aliphatic carboxylic acids is 1. The van der Waals surface area contributed by atoms with Crippen molar-refractivity contribution in [1.29, 1.82) is 0 Å². The Labute approximate surface area is 269 Å². The Kier molecular flexibility index (Phi) is 9.16. The lowest BCUT2D eigenvalue weighted by Crippen LogP contribution is -2.56. The molecule has 3 atom stereocenters. The minimum atomic E-state index is -5.08. The predicted octanol–water partition coefficient (Wildman–Crippen LogP) is 7.24. The number of rotatable bonds is 9. The number of pyridine rings is 1. The van der Waals surface area contributed by atoms with Gasteiger partial charge in [-0.1, -0.05) is 12.1 Å². The number of methoxy groups -OCH3 is 1. The summed E-state index contributed by atoms with van der Waals surface area (Å²) < 4.78 is 120. The number of cyclic esters (lactones) is 1. The van der Waals surface area contributed by atoms with Crippen molar-refractivity contribution in [2.75, 3.05) is 25.1 Å². The first-order valence-electron chi connectivity index (χ1n) is 14.8.